The van der Waals surface area contributed by atoms with E-state index in [9.17, 15) is 0 Å². The third kappa shape index (κ3) is 2.34. The highest BCUT2D eigenvalue weighted by Gasteiger charge is 2.22. The van der Waals surface area contributed by atoms with Gasteiger partial charge in [0.25, 0.3) is 0 Å². The predicted molar refractivity (Wildman–Crippen MR) is 76.7 cm³/mol. The fraction of sp³-hybridized carbons (Fsp3) is 0.462. The Bertz CT molecular complexity index is 587. The Hall–Kier alpha value is -0.440. The number of aryl methyl sites for hydroxylation is 1. The number of alkyl halides is 1. The van der Waals surface area contributed by atoms with Crippen LogP contribution < -0.4 is 0 Å². The molecule has 3 rings (SSSR count). The zero-order valence-corrected chi connectivity index (χ0v) is 12.1. The summed E-state index contributed by atoms with van der Waals surface area (Å²) in [6.45, 7) is 0.960. The van der Waals surface area contributed by atoms with Crippen LogP contribution in [0.5, 0.6) is 0 Å². The van der Waals surface area contributed by atoms with Crippen LogP contribution in [0.1, 0.15) is 25.1 Å². The fourth-order valence-corrected chi connectivity index (χ4v) is 2.76. The lowest BCUT2D eigenvalue weighted by molar-refractivity contribution is 0.594. The summed E-state index contributed by atoms with van der Waals surface area (Å²) in [4.78, 5) is 4.52. The van der Waals surface area contributed by atoms with Crippen LogP contribution in [0.2, 0.25) is 10.0 Å². The maximum absolute atomic E-state index is 6.08. The van der Waals surface area contributed by atoms with Crippen LogP contribution in [0, 0.1) is 5.92 Å². The van der Waals surface area contributed by atoms with Crippen molar-refractivity contribution in [2.24, 2.45) is 5.92 Å². The molecule has 1 heterocycles. The number of halogens is 3. The average molecular weight is 304 g/mol. The smallest absolute Gasteiger partial charge is 0.124 e. The normalized spacial score (nSPS) is 15.5. The maximum atomic E-state index is 6.08. The number of fused-ring (bicyclic) bond motifs is 1. The molecule has 2 nitrogen and oxygen atoms in total. The lowest BCUT2D eigenvalue weighted by Crippen LogP contribution is -2.03. The van der Waals surface area contributed by atoms with Crippen LogP contribution in [-0.2, 0) is 12.4 Å². The number of benzene rings is 1. The van der Waals surface area contributed by atoms with Crippen molar-refractivity contribution in [1.82, 2.24) is 9.55 Å². The summed E-state index contributed by atoms with van der Waals surface area (Å²) in [6, 6.07) is 3.69. The molecule has 5 heteroatoms. The van der Waals surface area contributed by atoms with Gasteiger partial charge in [-0.1, -0.05) is 36.0 Å². The third-order valence-corrected chi connectivity index (χ3v) is 4.41. The fourth-order valence-electron chi connectivity index (χ4n) is 2.24. The van der Waals surface area contributed by atoms with Gasteiger partial charge < -0.3 is 4.57 Å². The van der Waals surface area contributed by atoms with Crippen LogP contribution in [0.15, 0.2) is 12.1 Å². The Kier molecular flexibility index (Phi) is 3.44. The zero-order valence-electron chi connectivity index (χ0n) is 9.80. The number of rotatable bonds is 4. The summed E-state index contributed by atoms with van der Waals surface area (Å²) in [6.07, 6.45) is 3.90. The van der Waals surface area contributed by atoms with Gasteiger partial charge >= 0.3 is 0 Å². The first-order chi connectivity index (χ1) is 8.69. The number of hydrogen-bond acceptors (Lipinski definition) is 1. The Balaban J connectivity index is 2.04. The quantitative estimate of drug-likeness (QED) is 0.736. The first-order valence-electron chi connectivity index (χ1n) is 6.09. The van der Waals surface area contributed by atoms with Crippen LogP contribution in [0.3, 0.4) is 0 Å². The second-order valence-electron chi connectivity index (χ2n) is 4.80. The van der Waals surface area contributed by atoms with Gasteiger partial charge in [-0.2, -0.15) is 0 Å². The summed E-state index contributed by atoms with van der Waals surface area (Å²) in [5.74, 6) is 2.19. The van der Waals surface area contributed by atoms with Gasteiger partial charge in [0.1, 0.15) is 5.82 Å². The predicted octanol–water partition coefficient (Wildman–Crippen LogP) is 4.88. The largest absolute Gasteiger partial charge is 0.327 e. The minimum Gasteiger partial charge on any atom is -0.327 e. The van der Waals surface area contributed by atoms with Crippen molar-refractivity contribution in [3.63, 3.8) is 0 Å². The van der Waals surface area contributed by atoms with Gasteiger partial charge in [0.05, 0.1) is 27.0 Å². The summed E-state index contributed by atoms with van der Waals surface area (Å²) in [5.41, 5.74) is 1.90. The van der Waals surface area contributed by atoms with Crippen molar-refractivity contribution >= 4 is 45.8 Å². The van der Waals surface area contributed by atoms with Gasteiger partial charge in [-0.05, 0) is 24.5 Å². The lowest BCUT2D eigenvalue weighted by Gasteiger charge is -2.07. The first kappa shape index (κ1) is 12.6. The molecular formula is C13H13Cl3N2. The highest BCUT2D eigenvalue weighted by molar-refractivity contribution is 6.42. The van der Waals surface area contributed by atoms with Crippen LogP contribution in [0.4, 0.5) is 0 Å². The summed E-state index contributed by atoms with van der Waals surface area (Å²) in [5, 5.41) is 1.11. The average Bonchev–Trinajstić information content (AvgIpc) is 3.11. The highest BCUT2D eigenvalue weighted by Crippen LogP contribution is 2.34. The van der Waals surface area contributed by atoms with Crippen LogP contribution in [-0.4, -0.2) is 9.55 Å². The molecule has 0 saturated heterocycles. The zero-order chi connectivity index (χ0) is 12.7. The van der Waals surface area contributed by atoms with E-state index in [1.54, 1.807) is 0 Å². The van der Waals surface area contributed by atoms with Gasteiger partial charge in [-0.25, -0.2) is 4.98 Å². The van der Waals surface area contributed by atoms with Gasteiger partial charge in [0.2, 0.25) is 0 Å². The van der Waals surface area contributed by atoms with E-state index in [0.717, 1.165) is 29.3 Å². The Labute approximate surface area is 121 Å². The van der Waals surface area contributed by atoms with Gasteiger partial charge in [0.15, 0.2) is 0 Å². The van der Waals surface area contributed by atoms with Gasteiger partial charge in [-0.3, -0.25) is 0 Å². The number of hydrogen-bond donors (Lipinski definition) is 0. The van der Waals surface area contributed by atoms with E-state index < -0.39 is 0 Å². The van der Waals surface area contributed by atoms with E-state index in [-0.39, 0.29) is 0 Å². The van der Waals surface area contributed by atoms with Crippen molar-refractivity contribution in [3.05, 3.63) is 28.0 Å². The molecule has 1 aliphatic rings. The second kappa shape index (κ2) is 4.92. The molecule has 1 saturated carbocycles. The number of imidazole rings is 1. The molecule has 1 aromatic carbocycles. The van der Waals surface area contributed by atoms with Crippen molar-refractivity contribution in [3.8, 4) is 0 Å². The molecule has 0 spiro atoms. The molecule has 2 aromatic rings. The molecular weight excluding hydrogens is 291 g/mol. The van der Waals surface area contributed by atoms with Crippen molar-refractivity contribution in [2.75, 3.05) is 0 Å². The summed E-state index contributed by atoms with van der Waals surface area (Å²) >= 11 is 18.1. The topological polar surface area (TPSA) is 17.8 Å². The summed E-state index contributed by atoms with van der Waals surface area (Å²) < 4.78 is 2.17. The molecule has 0 radical (unpaired) electrons. The molecule has 1 aromatic heterocycles. The SMILES string of the molecule is ClCc1nc2cc(Cl)c(Cl)cc2n1CCC1CC1. The number of nitrogens with zero attached hydrogens (tertiary/aromatic N) is 2. The van der Waals surface area contributed by atoms with Gasteiger partial charge in [0, 0.05) is 6.54 Å². The number of aromatic nitrogens is 2. The highest BCUT2D eigenvalue weighted by atomic mass is 35.5. The van der Waals surface area contributed by atoms with E-state index in [4.69, 9.17) is 34.8 Å². The Morgan fingerprint density at radius 1 is 1.22 bits per heavy atom. The van der Waals surface area contributed by atoms with Crippen molar-refractivity contribution in [2.45, 2.75) is 31.7 Å². The van der Waals surface area contributed by atoms with Crippen molar-refractivity contribution < 1.29 is 0 Å². The van der Waals surface area contributed by atoms with Crippen molar-refractivity contribution in [1.29, 1.82) is 0 Å². The van der Waals surface area contributed by atoms with Crippen LogP contribution in [0.25, 0.3) is 11.0 Å². The van der Waals surface area contributed by atoms with E-state index in [0.29, 0.717) is 15.9 Å². The standard InChI is InChI=1S/C13H13Cl3N2/c14-7-13-17-11-5-9(15)10(16)6-12(11)18(13)4-3-8-1-2-8/h5-6,8H,1-4,7H2. The second-order valence-corrected chi connectivity index (χ2v) is 5.88. The Morgan fingerprint density at radius 2 is 1.94 bits per heavy atom. The van der Waals surface area contributed by atoms with E-state index >= 15 is 0 Å². The van der Waals surface area contributed by atoms with E-state index in [1.165, 1.54) is 19.3 Å². The lowest BCUT2D eigenvalue weighted by atomic mass is 10.2. The first-order valence-corrected chi connectivity index (χ1v) is 7.38. The van der Waals surface area contributed by atoms with E-state index in [1.807, 2.05) is 12.1 Å². The minimum absolute atomic E-state index is 0.411. The molecule has 1 aliphatic carbocycles. The van der Waals surface area contributed by atoms with Crippen LogP contribution >= 0.6 is 34.8 Å². The Morgan fingerprint density at radius 3 is 2.61 bits per heavy atom. The molecule has 18 heavy (non-hydrogen) atoms. The maximum Gasteiger partial charge on any atom is 0.124 e. The molecule has 0 unspecified atom stereocenters. The molecule has 0 atom stereocenters. The van der Waals surface area contributed by atoms with Gasteiger partial charge in [-0.15, -0.1) is 11.6 Å². The molecule has 0 bridgehead atoms. The van der Waals surface area contributed by atoms with E-state index in [2.05, 4.69) is 9.55 Å². The third-order valence-electron chi connectivity index (χ3n) is 3.45. The molecule has 96 valence electrons. The molecule has 0 N–H and O–H groups in total. The monoisotopic (exact) mass is 302 g/mol. The molecule has 0 aliphatic heterocycles. The molecule has 1 fully saturated rings. The minimum atomic E-state index is 0.411. The molecule has 0 amide bonds. The summed E-state index contributed by atoms with van der Waals surface area (Å²) in [7, 11) is 0.